The number of hydrogen-bond acceptors (Lipinski definition) is 4. The molecule has 3 rings (SSSR count). The summed E-state index contributed by atoms with van der Waals surface area (Å²) < 4.78 is 34.1. The second kappa shape index (κ2) is 4.77. The molecular weight excluding hydrogens is 290 g/mol. The first-order valence-electron chi connectivity index (χ1n) is 6.66. The Bertz CT molecular complexity index is 783. The van der Waals surface area contributed by atoms with Gasteiger partial charge in [0.1, 0.15) is 22.6 Å². The molecule has 0 fully saturated rings. The van der Waals surface area contributed by atoms with Gasteiger partial charge in [-0.05, 0) is 18.6 Å². The van der Waals surface area contributed by atoms with E-state index in [1.807, 2.05) is 13.0 Å². The van der Waals surface area contributed by atoms with Crippen LogP contribution in [0.4, 0.5) is 5.82 Å². The molecule has 1 aromatic carbocycles. The van der Waals surface area contributed by atoms with Gasteiger partial charge in [-0.2, -0.15) is 5.10 Å². The zero-order valence-electron chi connectivity index (χ0n) is 12.1. The van der Waals surface area contributed by atoms with Crippen LogP contribution in [0.1, 0.15) is 12.5 Å². The molecule has 1 aromatic heterocycles. The van der Waals surface area contributed by atoms with Gasteiger partial charge in [-0.3, -0.25) is 8.99 Å². The Kier molecular flexibility index (Phi) is 3.16. The number of anilines is 1. The van der Waals surface area contributed by atoms with Crippen molar-refractivity contribution in [3.8, 4) is 5.75 Å². The third-order valence-corrected chi connectivity index (χ3v) is 5.43. The molecule has 1 aliphatic heterocycles. The fourth-order valence-electron chi connectivity index (χ4n) is 2.56. The van der Waals surface area contributed by atoms with Crippen molar-refractivity contribution < 1.29 is 13.2 Å². The van der Waals surface area contributed by atoms with Crippen LogP contribution in [-0.2, 0) is 23.5 Å². The van der Waals surface area contributed by atoms with E-state index in [0.29, 0.717) is 11.6 Å². The predicted octanol–water partition coefficient (Wildman–Crippen LogP) is 1.57. The van der Waals surface area contributed by atoms with E-state index in [0.717, 1.165) is 12.0 Å². The Hall–Kier alpha value is -2.02. The second-order valence-electron chi connectivity index (χ2n) is 5.16. The van der Waals surface area contributed by atoms with E-state index in [9.17, 15) is 8.42 Å². The quantitative estimate of drug-likeness (QED) is 0.863. The standard InChI is InChI=1S/C14H17N3O3S/c1-10-9-11-5-4-6-12(14(11)20-10)21(18,19)17(3)13-7-8-15-16(13)2/h4-8,10H,9H2,1-3H3. The minimum absolute atomic E-state index is 0.00152. The molecule has 1 unspecified atom stereocenters. The van der Waals surface area contributed by atoms with Gasteiger partial charge in [0.05, 0.1) is 6.20 Å². The van der Waals surface area contributed by atoms with Gasteiger partial charge in [0.2, 0.25) is 0 Å². The van der Waals surface area contributed by atoms with E-state index in [2.05, 4.69) is 5.10 Å². The Labute approximate surface area is 124 Å². The van der Waals surface area contributed by atoms with Crippen molar-refractivity contribution in [1.29, 1.82) is 0 Å². The van der Waals surface area contributed by atoms with Crippen molar-refractivity contribution in [1.82, 2.24) is 9.78 Å². The second-order valence-corrected chi connectivity index (χ2v) is 7.10. The highest BCUT2D eigenvalue weighted by atomic mass is 32.2. The maximum Gasteiger partial charge on any atom is 0.268 e. The number of sulfonamides is 1. The number of para-hydroxylation sites is 1. The van der Waals surface area contributed by atoms with Crippen molar-refractivity contribution in [2.24, 2.45) is 7.05 Å². The molecule has 0 aliphatic carbocycles. The summed E-state index contributed by atoms with van der Waals surface area (Å²) >= 11 is 0. The zero-order chi connectivity index (χ0) is 15.2. The van der Waals surface area contributed by atoms with Gasteiger partial charge in [-0.15, -0.1) is 0 Å². The summed E-state index contributed by atoms with van der Waals surface area (Å²) in [4.78, 5) is 0.202. The molecule has 112 valence electrons. The lowest BCUT2D eigenvalue weighted by atomic mass is 10.1. The van der Waals surface area contributed by atoms with Crippen LogP contribution in [0.25, 0.3) is 0 Å². The van der Waals surface area contributed by atoms with E-state index >= 15 is 0 Å². The molecule has 1 aliphatic rings. The first-order chi connectivity index (χ1) is 9.91. The predicted molar refractivity (Wildman–Crippen MR) is 79.0 cm³/mol. The summed E-state index contributed by atoms with van der Waals surface area (Å²) in [5.74, 6) is 0.970. The smallest absolute Gasteiger partial charge is 0.268 e. The van der Waals surface area contributed by atoms with Gasteiger partial charge in [-0.25, -0.2) is 8.42 Å². The summed E-state index contributed by atoms with van der Waals surface area (Å²) in [6, 6.07) is 6.90. The number of rotatable bonds is 3. The molecule has 0 saturated heterocycles. The molecule has 0 N–H and O–H groups in total. The van der Waals surface area contributed by atoms with E-state index in [-0.39, 0.29) is 11.0 Å². The number of benzene rings is 1. The van der Waals surface area contributed by atoms with Crippen molar-refractivity contribution in [3.63, 3.8) is 0 Å². The summed E-state index contributed by atoms with van der Waals surface area (Å²) in [7, 11) is -0.464. The highest BCUT2D eigenvalue weighted by Gasteiger charge is 2.31. The molecule has 1 atom stereocenters. The Morgan fingerprint density at radius 2 is 2.14 bits per heavy atom. The third-order valence-electron chi connectivity index (χ3n) is 3.64. The summed E-state index contributed by atoms with van der Waals surface area (Å²) in [5.41, 5.74) is 0.932. The van der Waals surface area contributed by atoms with Crippen LogP contribution >= 0.6 is 0 Å². The lowest BCUT2D eigenvalue weighted by molar-refractivity contribution is 0.249. The van der Waals surface area contributed by atoms with E-state index in [4.69, 9.17) is 4.74 Å². The van der Waals surface area contributed by atoms with Crippen molar-refractivity contribution >= 4 is 15.8 Å². The number of fused-ring (bicyclic) bond motifs is 1. The monoisotopic (exact) mass is 307 g/mol. The topological polar surface area (TPSA) is 64.4 Å². The van der Waals surface area contributed by atoms with Crippen LogP contribution in [0.5, 0.6) is 5.75 Å². The molecule has 6 nitrogen and oxygen atoms in total. The summed E-state index contributed by atoms with van der Waals surface area (Å²) in [5, 5.41) is 4.01. The van der Waals surface area contributed by atoms with Crippen LogP contribution in [-0.4, -0.2) is 31.3 Å². The van der Waals surface area contributed by atoms with Gasteiger partial charge < -0.3 is 4.74 Å². The number of aromatic nitrogens is 2. The normalized spacial score (nSPS) is 17.4. The van der Waals surface area contributed by atoms with Crippen LogP contribution in [0.2, 0.25) is 0 Å². The van der Waals surface area contributed by atoms with E-state index < -0.39 is 10.0 Å². The maximum absolute atomic E-state index is 12.9. The lowest BCUT2D eigenvalue weighted by Gasteiger charge is -2.20. The highest BCUT2D eigenvalue weighted by Crippen LogP contribution is 2.37. The molecule has 0 amide bonds. The number of aryl methyl sites for hydroxylation is 1. The maximum atomic E-state index is 12.9. The van der Waals surface area contributed by atoms with E-state index in [1.54, 1.807) is 31.4 Å². The molecule has 2 aromatic rings. The molecule has 0 radical (unpaired) electrons. The van der Waals surface area contributed by atoms with Gasteiger partial charge in [0.15, 0.2) is 0 Å². The van der Waals surface area contributed by atoms with Gasteiger partial charge in [0.25, 0.3) is 10.0 Å². The third kappa shape index (κ3) is 2.17. The fraction of sp³-hybridized carbons (Fsp3) is 0.357. The highest BCUT2D eigenvalue weighted by molar-refractivity contribution is 7.92. The molecule has 0 bridgehead atoms. The van der Waals surface area contributed by atoms with Gasteiger partial charge in [0, 0.05) is 26.6 Å². The minimum atomic E-state index is -3.69. The molecule has 0 spiro atoms. The SMILES string of the molecule is CC1Cc2cccc(S(=O)(=O)N(C)c3ccnn3C)c2O1. The number of nitrogens with zero attached hydrogens (tertiary/aromatic N) is 3. The van der Waals surface area contributed by atoms with Crippen molar-refractivity contribution in [2.45, 2.75) is 24.3 Å². The number of ether oxygens (including phenoxy) is 1. The van der Waals surface area contributed by atoms with Crippen LogP contribution in [0.15, 0.2) is 35.4 Å². The Morgan fingerprint density at radius 1 is 1.38 bits per heavy atom. The molecule has 0 saturated carbocycles. The van der Waals surface area contributed by atoms with Crippen LogP contribution < -0.4 is 9.04 Å². The zero-order valence-corrected chi connectivity index (χ0v) is 13.0. The Morgan fingerprint density at radius 3 is 2.81 bits per heavy atom. The van der Waals surface area contributed by atoms with Crippen molar-refractivity contribution in [3.05, 3.63) is 36.0 Å². The largest absolute Gasteiger partial charge is 0.489 e. The van der Waals surface area contributed by atoms with Gasteiger partial charge >= 0.3 is 0 Å². The van der Waals surface area contributed by atoms with E-state index in [1.165, 1.54) is 16.0 Å². The first kappa shape index (κ1) is 13.9. The minimum Gasteiger partial charge on any atom is -0.489 e. The molecular formula is C14H17N3O3S. The van der Waals surface area contributed by atoms with Crippen LogP contribution in [0.3, 0.4) is 0 Å². The molecule has 21 heavy (non-hydrogen) atoms. The lowest BCUT2D eigenvalue weighted by Crippen LogP contribution is -2.28. The van der Waals surface area contributed by atoms with Gasteiger partial charge in [-0.1, -0.05) is 12.1 Å². The Balaban J connectivity index is 2.09. The van der Waals surface area contributed by atoms with Crippen LogP contribution in [0, 0.1) is 0 Å². The molecule has 7 heteroatoms. The van der Waals surface area contributed by atoms with Crippen molar-refractivity contribution in [2.75, 3.05) is 11.4 Å². The average molecular weight is 307 g/mol. The first-order valence-corrected chi connectivity index (χ1v) is 8.10. The summed E-state index contributed by atoms with van der Waals surface area (Å²) in [6.45, 7) is 1.93. The molecule has 2 heterocycles. The average Bonchev–Trinajstić information content (AvgIpc) is 3.01. The fourth-order valence-corrected chi connectivity index (χ4v) is 3.94. The number of hydrogen-bond donors (Lipinski definition) is 0. The summed E-state index contributed by atoms with van der Waals surface area (Å²) in [6.07, 6.45) is 2.29.